The summed E-state index contributed by atoms with van der Waals surface area (Å²) in [5.41, 5.74) is 9.65. The highest BCUT2D eigenvalue weighted by molar-refractivity contribution is 6.26. The van der Waals surface area contributed by atoms with Crippen molar-refractivity contribution in [2.75, 3.05) is 0 Å². The molecule has 0 saturated heterocycles. The Morgan fingerprint density at radius 2 is 1.65 bits per heavy atom. The van der Waals surface area contributed by atoms with E-state index in [1.165, 1.54) is 91.4 Å². The molecule has 31 heavy (non-hydrogen) atoms. The number of fused-ring (bicyclic) bond motifs is 5. The molecular formula is C29H27N2+. The topological polar surface area (TPSA) is 8.29 Å². The van der Waals surface area contributed by atoms with Gasteiger partial charge in [-0.05, 0) is 66.8 Å². The van der Waals surface area contributed by atoms with Crippen LogP contribution in [0, 0.1) is 13.8 Å². The molecule has 0 bridgehead atoms. The summed E-state index contributed by atoms with van der Waals surface area (Å²) in [5, 5.41) is 6.91. The van der Waals surface area contributed by atoms with E-state index in [1.807, 2.05) is 0 Å². The van der Waals surface area contributed by atoms with Crippen molar-refractivity contribution in [3.05, 3.63) is 71.4 Å². The molecule has 0 N–H and O–H groups in total. The van der Waals surface area contributed by atoms with Crippen LogP contribution < -0.4 is 4.57 Å². The second-order valence-electron chi connectivity index (χ2n) is 9.72. The number of hydrogen-bond donors (Lipinski definition) is 0. The lowest BCUT2D eigenvalue weighted by atomic mass is 9.95. The fourth-order valence-electron chi connectivity index (χ4n) is 6.51. The van der Waals surface area contributed by atoms with Crippen molar-refractivity contribution in [2.24, 2.45) is 7.05 Å². The Kier molecular flexibility index (Phi) is 3.38. The van der Waals surface area contributed by atoms with Crippen molar-refractivity contribution >= 4 is 49.0 Å². The van der Waals surface area contributed by atoms with Gasteiger partial charge in [0.2, 0.25) is 5.52 Å². The quantitative estimate of drug-likeness (QED) is 0.157. The molecule has 0 atom stereocenters. The summed E-state index contributed by atoms with van der Waals surface area (Å²) in [6, 6.07) is 18.8. The Morgan fingerprint density at radius 3 is 2.48 bits per heavy atom. The maximum Gasteiger partial charge on any atom is 0.238 e. The molecule has 0 spiro atoms. The first kappa shape index (κ1) is 17.5. The molecule has 0 aliphatic heterocycles. The van der Waals surface area contributed by atoms with Crippen LogP contribution in [0.3, 0.4) is 0 Å². The monoisotopic (exact) mass is 403 g/mol. The first-order valence-electron chi connectivity index (χ1n) is 11.6. The van der Waals surface area contributed by atoms with Crippen molar-refractivity contribution in [1.29, 1.82) is 0 Å². The number of aryl methyl sites for hydroxylation is 3. The van der Waals surface area contributed by atoms with E-state index in [1.54, 1.807) is 0 Å². The molecule has 7 rings (SSSR count). The molecule has 6 aromatic rings. The molecule has 0 amide bonds. The van der Waals surface area contributed by atoms with Gasteiger partial charge in [-0.2, -0.15) is 4.57 Å². The van der Waals surface area contributed by atoms with Gasteiger partial charge in [0, 0.05) is 22.2 Å². The fourth-order valence-corrected chi connectivity index (χ4v) is 6.51. The van der Waals surface area contributed by atoms with Crippen LogP contribution >= 0.6 is 0 Å². The normalized spacial score (nSPS) is 15.6. The van der Waals surface area contributed by atoms with Gasteiger partial charge >= 0.3 is 0 Å². The van der Waals surface area contributed by atoms with E-state index >= 15 is 0 Å². The molecule has 152 valence electrons. The molecule has 1 aliphatic rings. The zero-order valence-corrected chi connectivity index (χ0v) is 18.5. The average molecular weight is 404 g/mol. The number of rotatable bonds is 1. The van der Waals surface area contributed by atoms with Crippen LogP contribution in [-0.4, -0.2) is 4.40 Å². The lowest BCUT2D eigenvalue weighted by Crippen LogP contribution is -2.29. The van der Waals surface area contributed by atoms with Crippen LogP contribution in [0.15, 0.2) is 54.7 Å². The van der Waals surface area contributed by atoms with E-state index in [0.717, 1.165) is 5.92 Å². The second-order valence-corrected chi connectivity index (χ2v) is 9.72. The Labute approximate surface area is 182 Å². The van der Waals surface area contributed by atoms with Gasteiger partial charge in [0.25, 0.3) is 0 Å². The highest BCUT2D eigenvalue weighted by Gasteiger charge is 2.25. The number of benzene rings is 3. The Bertz CT molecular complexity index is 1660. The van der Waals surface area contributed by atoms with E-state index < -0.39 is 0 Å². The van der Waals surface area contributed by atoms with Gasteiger partial charge in [0.05, 0.1) is 16.4 Å². The van der Waals surface area contributed by atoms with Gasteiger partial charge in [0.1, 0.15) is 12.6 Å². The highest BCUT2D eigenvalue weighted by atomic mass is 15.0. The first-order chi connectivity index (χ1) is 15.1. The second kappa shape index (κ2) is 5.97. The van der Waals surface area contributed by atoms with Crippen LogP contribution in [0.25, 0.3) is 49.0 Å². The predicted molar refractivity (Wildman–Crippen MR) is 130 cm³/mol. The molecule has 2 heteroatoms. The van der Waals surface area contributed by atoms with Crippen molar-refractivity contribution < 1.29 is 4.57 Å². The van der Waals surface area contributed by atoms with Crippen molar-refractivity contribution in [3.8, 4) is 0 Å². The van der Waals surface area contributed by atoms with E-state index in [-0.39, 0.29) is 0 Å². The minimum absolute atomic E-state index is 0.724. The minimum atomic E-state index is 0.724. The van der Waals surface area contributed by atoms with Crippen LogP contribution in [0.5, 0.6) is 0 Å². The van der Waals surface area contributed by atoms with Crippen LogP contribution in [0.2, 0.25) is 0 Å². The molecular weight excluding hydrogens is 376 g/mol. The maximum absolute atomic E-state index is 2.56. The lowest BCUT2D eigenvalue weighted by Gasteiger charge is -2.15. The third-order valence-corrected chi connectivity index (χ3v) is 7.92. The third-order valence-electron chi connectivity index (χ3n) is 7.92. The average Bonchev–Trinajstić information content (AvgIpc) is 3.41. The van der Waals surface area contributed by atoms with Crippen molar-refractivity contribution in [3.63, 3.8) is 0 Å². The molecule has 1 saturated carbocycles. The molecule has 2 nitrogen and oxygen atoms in total. The van der Waals surface area contributed by atoms with E-state index in [0.29, 0.717) is 0 Å². The van der Waals surface area contributed by atoms with Gasteiger partial charge in [-0.3, -0.25) is 0 Å². The zero-order chi connectivity index (χ0) is 20.9. The Hall–Kier alpha value is -3.13. The summed E-state index contributed by atoms with van der Waals surface area (Å²) in [6.07, 6.45) is 7.66. The van der Waals surface area contributed by atoms with Crippen LogP contribution in [0.4, 0.5) is 0 Å². The molecule has 0 unspecified atom stereocenters. The smallest absolute Gasteiger partial charge is 0.238 e. The van der Waals surface area contributed by atoms with Crippen LogP contribution in [-0.2, 0) is 7.05 Å². The first-order valence-corrected chi connectivity index (χ1v) is 11.6. The minimum Gasteiger partial charge on any atom is -0.303 e. The number of pyridine rings is 2. The Balaban J connectivity index is 1.80. The molecule has 3 aromatic carbocycles. The van der Waals surface area contributed by atoms with Gasteiger partial charge in [-0.1, -0.05) is 43.2 Å². The summed E-state index contributed by atoms with van der Waals surface area (Å²) in [7, 11) is 2.19. The van der Waals surface area contributed by atoms with Gasteiger partial charge in [0.15, 0.2) is 6.20 Å². The summed E-state index contributed by atoms with van der Waals surface area (Å²) >= 11 is 0. The van der Waals surface area contributed by atoms with Crippen molar-refractivity contribution in [2.45, 2.75) is 45.4 Å². The summed E-state index contributed by atoms with van der Waals surface area (Å²) in [5.74, 6) is 0.724. The zero-order valence-electron chi connectivity index (χ0n) is 18.5. The molecule has 1 aliphatic carbocycles. The number of aromatic nitrogens is 2. The van der Waals surface area contributed by atoms with Gasteiger partial charge in [-0.25, -0.2) is 0 Å². The standard InChI is InChI=1S/C29H27N2/c1-17-15-18(2)26-27-21(17)9-6-10-24(27)31-25-16-20(19-7-4-5-8-19)11-12-22(25)23-13-14-30(3)29(26)28(23)31/h6,9-16,19H,4-5,7-8H2,1-3H3/q+1. The third kappa shape index (κ3) is 2.15. The molecule has 1 fully saturated rings. The predicted octanol–water partition coefficient (Wildman–Crippen LogP) is 7.09. The van der Waals surface area contributed by atoms with E-state index in [2.05, 4.69) is 84.6 Å². The summed E-state index contributed by atoms with van der Waals surface area (Å²) < 4.78 is 4.88. The SMILES string of the molecule is Cc1cc(C)c2c3c1cccc3n1c3cc(C4CCCC4)ccc3c3cc[n+](C)c2c31. The largest absolute Gasteiger partial charge is 0.303 e. The number of hydrogen-bond acceptors (Lipinski definition) is 0. The molecule has 0 radical (unpaired) electrons. The number of nitrogens with zero attached hydrogens (tertiary/aromatic N) is 2. The Morgan fingerprint density at radius 1 is 0.806 bits per heavy atom. The van der Waals surface area contributed by atoms with Gasteiger partial charge in [-0.15, -0.1) is 0 Å². The molecule has 3 aromatic heterocycles. The summed E-state index contributed by atoms with van der Waals surface area (Å²) in [4.78, 5) is 0. The van der Waals surface area contributed by atoms with Crippen molar-refractivity contribution in [1.82, 2.24) is 4.40 Å². The van der Waals surface area contributed by atoms with Gasteiger partial charge < -0.3 is 4.40 Å². The van der Waals surface area contributed by atoms with E-state index in [4.69, 9.17) is 0 Å². The fraction of sp³-hybridized carbons (Fsp3) is 0.276. The maximum atomic E-state index is 2.56. The molecule has 3 heterocycles. The lowest BCUT2D eigenvalue weighted by molar-refractivity contribution is -0.644. The van der Waals surface area contributed by atoms with Crippen LogP contribution in [0.1, 0.15) is 48.3 Å². The van der Waals surface area contributed by atoms with E-state index in [9.17, 15) is 0 Å². The summed E-state index contributed by atoms with van der Waals surface area (Å²) in [6.45, 7) is 4.52. The highest BCUT2D eigenvalue weighted by Crippen LogP contribution is 2.42.